The first kappa shape index (κ1) is 13.0. The molecule has 1 unspecified atom stereocenters. The third-order valence-electron chi connectivity index (χ3n) is 3.27. The molecule has 7 heteroatoms. The van der Waals surface area contributed by atoms with E-state index in [1.807, 2.05) is 24.8 Å². The summed E-state index contributed by atoms with van der Waals surface area (Å²) < 4.78 is 5.40. The lowest BCUT2D eigenvalue weighted by Gasteiger charge is -2.29. The number of anilines is 1. The summed E-state index contributed by atoms with van der Waals surface area (Å²) in [6.07, 6.45) is 0. The second kappa shape index (κ2) is 5.15. The van der Waals surface area contributed by atoms with Crippen molar-refractivity contribution in [3.63, 3.8) is 0 Å². The van der Waals surface area contributed by atoms with Crippen molar-refractivity contribution in [2.24, 2.45) is 0 Å². The number of aryl methyl sites for hydroxylation is 1. The zero-order valence-corrected chi connectivity index (χ0v) is 12.6. The third-order valence-corrected chi connectivity index (χ3v) is 5.34. The highest BCUT2D eigenvalue weighted by Crippen LogP contribution is 2.34. The number of nitrogens with zero attached hydrogens (tertiary/aromatic N) is 3. The maximum atomic E-state index is 5.81. The van der Waals surface area contributed by atoms with Gasteiger partial charge in [-0.2, -0.15) is 16.7 Å². The van der Waals surface area contributed by atoms with Crippen LogP contribution < -0.4 is 5.73 Å². The minimum absolute atomic E-state index is 0.244. The van der Waals surface area contributed by atoms with Crippen molar-refractivity contribution >= 4 is 28.1 Å². The van der Waals surface area contributed by atoms with Gasteiger partial charge in [0.2, 0.25) is 0 Å². The molecule has 2 N–H and O–H groups in total. The smallest absolute Gasteiger partial charge is 0.268 e. The first-order valence-electron chi connectivity index (χ1n) is 6.13. The summed E-state index contributed by atoms with van der Waals surface area (Å²) in [4.78, 5) is 7.80. The van der Waals surface area contributed by atoms with E-state index in [0.29, 0.717) is 5.89 Å². The van der Waals surface area contributed by atoms with Gasteiger partial charge in [-0.15, -0.1) is 11.3 Å². The molecular formula is C12H16N4OS2. The number of rotatable bonds is 2. The number of aromatic nitrogens is 2. The van der Waals surface area contributed by atoms with Crippen LogP contribution in [0.1, 0.15) is 17.4 Å². The van der Waals surface area contributed by atoms with E-state index in [-0.39, 0.29) is 6.04 Å². The van der Waals surface area contributed by atoms with Gasteiger partial charge in [0.25, 0.3) is 5.89 Å². The number of nitrogen functional groups attached to an aromatic ring is 1. The maximum Gasteiger partial charge on any atom is 0.268 e. The number of hydrogen-bond acceptors (Lipinski definition) is 7. The fourth-order valence-corrected chi connectivity index (χ4v) is 4.21. The van der Waals surface area contributed by atoms with Gasteiger partial charge in [0.1, 0.15) is 0 Å². The van der Waals surface area contributed by atoms with E-state index in [0.717, 1.165) is 39.3 Å². The third kappa shape index (κ3) is 2.50. The van der Waals surface area contributed by atoms with Crippen LogP contribution in [0.2, 0.25) is 0 Å². The summed E-state index contributed by atoms with van der Waals surface area (Å²) in [6.45, 7) is 3.07. The molecule has 2 aromatic heterocycles. The highest BCUT2D eigenvalue weighted by Gasteiger charge is 2.26. The van der Waals surface area contributed by atoms with Crippen LogP contribution >= 0.6 is 23.1 Å². The topological polar surface area (TPSA) is 68.2 Å². The SMILES string of the molecule is Cc1cc(N)sc1-c1nc(C2CSCCN2C)no1. The van der Waals surface area contributed by atoms with E-state index in [2.05, 4.69) is 22.1 Å². The average molecular weight is 296 g/mol. The Kier molecular flexibility index (Phi) is 3.51. The lowest BCUT2D eigenvalue weighted by Crippen LogP contribution is -2.33. The predicted molar refractivity (Wildman–Crippen MR) is 79.5 cm³/mol. The van der Waals surface area contributed by atoms with Gasteiger partial charge in [0, 0.05) is 18.1 Å². The molecule has 5 nitrogen and oxygen atoms in total. The fraction of sp³-hybridized carbons (Fsp3) is 0.500. The van der Waals surface area contributed by atoms with Crippen LogP contribution in [0, 0.1) is 6.92 Å². The second-order valence-corrected chi connectivity index (χ2v) is 6.92. The Morgan fingerprint density at radius 1 is 1.53 bits per heavy atom. The summed E-state index contributed by atoms with van der Waals surface area (Å²) in [5.41, 5.74) is 6.89. The summed E-state index contributed by atoms with van der Waals surface area (Å²) in [7, 11) is 2.11. The minimum atomic E-state index is 0.244. The molecule has 2 aromatic rings. The standard InChI is InChI=1S/C12H16N4OS2/c1-7-5-9(13)19-10(7)12-14-11(15-17-12)8-6-18-4-3-16(8)2/h5,8H,3-4,6,13H2,1-2H3. The molecule has 3 rings (SSSR count). The molecule has 1 fully saturated rings. The molecular weight excluding hydrogens is 280 g/mol. The molecule has 1 atom stereocenters. The lowest BCUT2D eigenvalue weighted by molar-refractivity contribution is 0.257. The first-order valence-corrected chi connectivity index (χ1v) is 8.10. The highest BCUT2D eigenvalue weighted by molar-refractivity contribution is 7.99. The molecule has 1 saturated heterocycles. The molecule has 3 heterocycles. The van der Waals surface area contributed by atoms with Gasteiger partial charge >= 0.3 is 0 Å². The Labute approximate surface area is 120 Å². The number of thiophene rings is 1. The Morgan fingerprint density at radius 2 is 2.37 bits per heavy atom. The largest absolute Gasteiger partial charge is 0.391 e. The number of thioether (sulfide) groups is 1. The van der Waals surface area contributed by atoms with Crippen LogP contribution in [0.3, 0.4) is 0 Å². The number of nitrogens with two attached hydrogens (primary N) is 1. The van der Waals surface area contributed by atoms with Gasteiger partial charge in [-0.25, -0.2) is 0 Å². The molecule has 1 aliphatic rings. The van der Waals surface area contributed by atoms with Gasteiger partial charge in [-0.3, -0.25) is 4.90 Å². The predicted octanol–water partition coefficient (Wildman–Crippen LogP) is 2.41. The van der Waals surface area contributed by atoms with Crippen molar-refractivity contribution in [2.45, 2.75) is 13.0 Å². The van der Waals surface area contributed by atoms with Crippen LogP contribution in [0.15, 0.2) is 10.6 Å². The quantitative estimate of drug-likeness (QED) is 0.918. The summed E-state index contributed by atoms with van der Waals surface area (Å²) in [5, 5.41) is 4.92. The minimum Gasteiger partial charge on any atom is -0.391 e. The zero-order valence-electron chi connectivity index (χ0n) is 10.9. The van der Waals surface area contributed by atoms with E-state index in [1.54, 1.807) is 0 Å². The monoisotopic (exact) mass is 296 g/mol. The second-order valence-electron chi connectivity index (χ2n) is 4.69. The van der Waals surface area contributed by atoms with Crippen LogP contribution in [0.4, 0.5) is 5.00 Å². The molecule has 0 aromatic carbocycles. The van der Waals surface area contributed by atoms with Crippen LogP contribution in [-0.4, -0.2) is 40.1 Å². The van der Waals surface area contributed by atoms with Crippen molar-refractivity contribution < 1.29 is 4.52 Å². The molecule has 0 saturated carbocycles. The van der Waals surface area contributed by atoms with Crippen LogP contribution in [0.25, 0.3) is 10.8 Å². The van der Waals surface area contributed by atoms with E-state index in [4.69, 9.17) is 10.3 Å². The van der Waals surface area contributed by atoms with Crippen molar-refractivity contribution in [1.82, 2.24) is 15.0 Å². The maximum absolute atomic E-state index is 5.81. The van der Waals surface area contributed by atoms with Gasteiger partial charge in [-0.1, -0.05) is 5.16 Å². The Morgan fingerprint density at radius 3 is 3.05 bits per heavy atom. The first-order chi connectivity index (χ1) is 9.15. The van der Waals surface area contributed by atoms with E-state index in [1.165, 1.54) is 11.3 Å². The molecule has 102 valence electrons. The van der Waals surface area contributed by atoms with Crippen molar-refractivity contribution in [3.8, 4) is 10.8 Å². The van der Waals surface area contributed by atoms with Crippen molar-refractivity contribution in [2.75, 3.05) is 30.8 Å². The highest BCUT2D eigenvalue weighted by atomic mass is 32.2. The molecule has 19 heavy (non-hydrogen) atoms. The molecule has 0 aliphatic carbocycles. The van der Waals surface area contributed by atoms with Gasteiger partial charge < -0.3 is 10.3 Å². The van der Waals surface area contributed by atoms with E-state index >= 15 is 0 Å². The normalized spacial score (nSPS) is 20.8. The van der Waals surface area contributed by atoms with Crippen molar-refractivity contribution in [3.05, 3.63) is 17.5 Å². The Balaban J connectivity index is 1.88. The van der Waals surface area contributed by atoms with E-state index in [9.17, 15) is 0 Å². The summed E-state index contributed by atoms with van der Waals surface area (Å²) >= 11 is 3.42. The summed E-state index contributed by atoms with van der Waals surface area (Å²) in [5.74, 6) is 3.54. The zero-order chi connectivity index (χ0) is 13.4. The van der Waals surface area contributed by atoms with Crippen LogP contribution in [-0.2, 0) is 0 Å². The molecule has 0 bridgehead atoms. The Bertz CT molecular complexity index is 580. The van der Waals surface area contributed by atoms with Crippen LogP contribution in [0.5, 0.6) is 0 Å². The summed E-state index contributed by atoms with van der Waals surface area (Å²) in [6, 6.07) is 2.18. The molecule has 1 aliphatic heterocycles. The molecule has 0 radical (unpaired) electrons. The van der Waals surface area contributed by atoms with Gasteiger partial charge in [0.05, 0.1) is 15.9 Å². The molecule has 0 spiro atoms. The van der Waals surface area contributed by atoms with E-state index < -0.39 is 0 Å². The fourth-order valence-electron chi connectivity index (χ4n) is 2.14. The lowest BCUT2D eigenvalue weighted by atomic mass is 10.2. The number of hydrogen-bond donors (Lipinski definition) is 1. The Hall–Kier alpha value is -1.05. The van der Waals surface area contributed by atoms with Crippen molar-refractivity contribution in [1.29, 1.82) is 0 Å². The van der Waals surface area contributed by atoms with Gasteiger partial charge in [-0.05, 0) is 25.6 Å². The molecule has 0 amide bonds. The van der Waals surface area contributed by atoms with Gasteiger partial charge in [0.15, 0.2) is 5.82 Å². The average Bonchev–Trinajstić information content (AvgIpc) is 2.96.